The summed E-state index contributed by atoms with van der Waals surface area (Å²) in [6.07, 6.45) is 0. The van der Waals surface area contributed by atoms with Crippen LogP contribution >= 0.6 is 11.3 Å². The molecule has 0 aliphatic rings. The zero-order chi connectivity index (χ0) is 21.3. The second-order valence-corrected chi connectivity index (χ2v) is 8.49. The van der Waals surface area contributed by atoms with Gasteiger partial charge in [-0.3, -0.25) is 9.59 Å². The van der Waals surface area contributed by atoms with E-state index < -0.39 is 5.92 Å². The molecule has 4 rings (SSSR count). The molecule has 1 unspecified atom stereocenters. The van der Waals surface area contributed by atoms with Crippen LogP contribution in [0.15, 0.2) is 66.7 Å². The molecule has 0 aliphatic heterocycles. The van der Waals surface area contributed by atoms with Crippen LogP contribution in [0, 0.1) is 13.8 Å². The average molecular weight is 415 g/mol. The molecule has 0 saturated carbocycles. The maximum Gasteiger partial charge on any atom is 0.233 e. The quantitative estimate of drug-likeness (QED) is 0.415. The number of carbonyl (C=O) groups excluding carboxylic acids is 2. The highest BCUT2D eigenvalue weighted by Gasteiger charge is 2.19. The highest BCUT2D eigenvalue weighted by atomic mass is 32.1. The lowest BCUT2D eigenvalue weighted by Crippen LogP contribution is -2.19. The monoisotopic (exact) mass is 414 g/mol. The minimum atomic E-state index is -0.413. The fourth-order valence-electron chi connectivity index (χ4n) is 3.30. The van der Waals surface area contributed by atoms with E-state index in [1.54, 1.807) is 24.3 Å². The van der Waals surface area contributed by atoms with Gasteiger partial charge in [0.05, 0.1) is 16.1 Å². The molecule has 1 aromatic heterocycles. The van der Waals surface area contributed by atoms with Gasteiger partial charge in [-0.25, -0.2) is 4.98 Å². The molecule has 0 saturated heterocycles. The number of fused-ring (bicyclic) bond motifs is 1. The minimum Gasteiger partial charge on any atom is -0.301 e. The number of rotatable bonds is 5. The molecule has 1 heterocycles. The number of carbonyl (C=O) groups is 2. The molecule has 0 radical (unpaired) electrons. The van der Waals surface area contributed by atoms with E-state index in [4.69, 9.17) is 0 Å². The number of hydrogen-bond donors (Lipinski definition) is 1. The second-order valence-electron chi connectivity index (χ2n) is 7.45. The summed E-state index contributed by atoms with van der Waals surface area (Å²) < 4.78 is 1.05. The Morgan fingerprint density at radius 1 is 0.900 bits per heavy atom. The van der Waals surface area contributed by atoms with Crippen molar-refractivity contribution >= 4 is 38.4 Å². The molecule has 0 spiro atoms. The Morgan fingerprint density at radius 2 is 1.60 bits per heavy atom. The first kappa shape index (κ1) is 20.0. The van der Waals surface area contributed by atoms with E-state index in [2.05, 4.69) is 30.2 Å². The van der Waals surface area contributed by atoms with Crippen molar-refractivity contribution in [3.05, 3.63) is 94.5 Å². The van der Waals surface area contributed by atoms with Gasteiger partial charge < -0.3 is 5.32 Å². The molecular weight excluding hydrogens is 392 g/mol. The van der Waals surface area contributed by atoms with E-state index in [0.717, 1.165) is 15.8 Å². The summed E-state index contributed by atoms with van der Waals surface area (Å²) in [5.74, 6) is -0.613. The summed E-state index contributed by atoms with van der Waals surface area (Å²) in [6.45, 7) is 5.96. The molecule has 1 atom stereocenters. The van der Waals surface area contributed by atoms with Crippen molar-refractivity contribution in [1.29, 1.82) is 0 Å². The van der Waals surface area contributed by atoms with Gasteiger partial charge in [0.25, 0.3) is 0 Å². The lowest BCUT2D eigenvalue weighted by atomic mass is 9.95. The zero-order valence-electron chi connectivity index (χ0n) is 17.1. The Kier molecular flexibility index (Phi) is 5.46. The number of thiazole rings is 1. The number of aryl methyl sites for hydroxylation is 2. The van der Waals surface area contributed by atoms with Crippen molar-refractivity contribution in [1.82, 2.24) is 4.98 Å². The number of nitrogens with one attached hydrogen (secondary N) is 1. The number of hydrogen-bond acceptors (Lipinski definition) is 4. The predicted molar refractivity (Wildman–Crippen MR) is 122 cm³/mol. The van der Waals surface area contributed by atoms with Crippen molar-refractivity contribution < 1.29 is 9.59 Å². The van der Waals surface area contributed by atoms with Crippen LogP contribution in [-0.2, 0) is 4.79 Å². The third-order valence-electron chi connectivity index (χ3n) is 5.31. The Labute approximate surface area is 179 Å². The molecule has 4 aromatic rings. The number of nitrogens with zero attached hydrogens (tertiary/aromatic N) is 1. The minimum absolute atomic E-state index is 0.0537. The van der Waals surface area contributed by atoms with Crippen LogP contribution in [0.3, 0.4) is 0 Å². The molecule has 4 nitrogen and oxygen atoms in total. The summed E-state index contributed by atoms with van der Waals surface area (Å²) in [5, 5.41) is 3.52. The highest BCUT2D eigenvalue weighted by molar-refractivity contribution is 7.22. The van der Waals surface area contributed by atoms with Crippen molar-refractivity contribution in [3.63, 3.8) is 0 Å². The maximum atomic E-state index is 12.8. The Balaban J connectivity index is 1.53. The van der Waals surface area contributed by atoms with E-state index in [1.165, 1.54) is 22.5 Å². The number of amides is 1. The van der Waals surface area contributed by atoms with E-state index in [9.17, 15) is 9.59 Å². The lowest BCUT2D eigenvalue weighted by molar-refractivity contribution is -0.117. The Hall–Kier alpha value is -3.31. The van der Waals surface area contributed by atoms with Crippen LogP contribution in [0.25, 0.3) is 10.2 Å². The maximum absolute atomic E-state index is 12.8. The van der Waals surface area contributed by atoms with Gasteiger partial charge in [-0.15, -0.1) is 0 Å². The molecule has 3 aromatic carbocycles. The van der Waals surface area contributed by atoms with Gasteiger partial charge in [0.2, 0.25) is 5.91 Å². The summed E-state index contributed by atoms with van der Waals surface area (Å²) in [4.78, 5) is 30.1. The summed E-state index contributed by atoms with van der Waals surface area (Å²) in [5.41, 5.74) is 5.27. The van der Waals surface area contributed by atoms with Gasteiger partial charge in [0.15, 0.2) is 10.9 Å². The van der Waals surface area contributed by atoms with Gasteiger partial charge in [-0.2, -0.15) is 0 Å². The van der Waals surface area contributed by atoms with Crippen molar-refractivity contribution in [2.75, 3.05) is 5.32 Å². The summed E-state index contributed by atoms with van der Waals surface area (Å²) >= 11 is 1.47. The molecule has 0 bridgehead atoms. The van der Waals surface area contributed by atoms with E-state index in [-0.39, 0.29) is 11.7 Å². The van der Waals surface area contributed by atoms with Crippen molar-refractivity contribution in [2.24, 2.45) is 0 Å². The van der Waals surface area contributed by atoms with E-state index >= 15 is 0 Å². The number of anilines is 1. The largest absolute Gasteiger partial charge is 0.301 e. The van der Waals surface area contributed by atoms with Crippen LogP contribution in [0.5, 0.6) is 0 Å². The first-order valence-corrected chi connectivity index (χ1v) is 10.6. The first-order valence-electron chi connectivity index (χ1n) is 9.81. The van der Waals surface area contributed by atoms with Crippen LogP contribution in [0.1, 0.15) is 45.5 Å². The highest BCUT2D eigenvalue weighted by Crippen LogP contribution is 2.29. The summed E-state index contributed by atoms with van der Waals surface area (Å²) in [6, 6.07) is 20.6. The van der Waals surface area contributed by atoms with Gasteiger partial charge in [0, 0.05) is 11.1 Å². The second kappa shape index (κ2) is 8.20. The van der Waals surface area contributed by atoms with Crippen molar-refractivity contribution in [3.8, 4) is 0 Å². The van der Waals surface area contributed by atoms with E-state index in [1.807, 2.05) is 43.3 Å². The van der Waals surface area contributed by atoms with Gasteiger partial charge in [0.1, 0.15) is 0 Å². The SMILES string of the molecule is Cc1cc2nc(NC(=O)C(C)c3cccc(C(=O)c4ccccc4)c3)sc2cc1C. The molecule has 0 fully saturated rings. The van der Waals surface area contributed by atoms with E-state index in [0.29, 0.717) is 16.3 Å². The Bertz CT molecular complexity index is 1210. The smallest absolute Gasteiger partial charge is 0.233 e. The number of benzene rings is 3. The van der Waals surface area contributed by atoms with Gasteiger partial charge >= 0.3 is 0 Å². The topological polar surface area (TPSA) is 59.1 Å². The van der Waals surface area contributed by atoms with Crippen LogP contribution in [-0.4, -0.2) is 16.7 Å². The lowest BCUT2D eigenvalue weighted by Gasteiger charge is -2.12. The molecule has 1 amide bonds. The molecule has 0 aliphatic carbocycles. The molecular formula is C25H22N2O2S. The first-order chi connectivity index (χ1) is 14.4. The molecule has 30 heavy (non-hydrogen) atoms. The molecule has 1 N–H and O–H groups in total. The fourth-order valence-corrected chi connectivity index (χ4v) is 4.25. The third kappa shape index (κ3) is 4.02. The van der Waals surface area contributed by atoms with Crippen LogP contribution in [0.2, 0.25) is 0 Å². The molecule has 150 valence electrons. The number of aromatic nitrogens is 1. The van der Waals surface area contributed by atoms with Gasteiger partial charge in [-0.1, -0.05) is 59.9 Å². The van der Waals surface area contributed by atoms with Crippen LogP contribution in [0.4, 0.5) is 5.13 Å². The zero-order valence-corrected chi connectivity index (χ0v) is 17.9. The van der Waals surface area contributed by atoms with Crippen LogP contribution < -0.4 is 5.32 Å². The normalized spacial score (nSPS) is 12.0. The average Bonchev–Trinajstić information content (AvgIpc) is 3.14. The fraction of sp³-hybridized carbons (Fsp3) is 0.160. The standard InChI is InChI=1S/C25H22N2O2S/c1-15-12-21-22(13-16(15)2)30-25(26-21)27-24(29)17(3)19-10-7-11-20(14-19)23(28)18-8-5-4-6-9-18/h4-14,17H,1-3H3,(H,26,27,29). The Morgan fingerprint density at radius 3 is 2.37 bits per heavy atom. The van der Waals surface area contributed by atoms with Gasteiger partial charge in [-0.05, 0) is 55.7 Å². The third-order valence-corrected chi connectivity index (χ3v) is 6.25. The van der Waals surface area contributed by atoms with Crippen molar-refractivity contribution in [2.45, 2.75) is 26.7 Å². The summed E-state index contributed by atoms with van der Waals surface area (Å²) in [7, 11) is 0. The predicted octanol–water partition coefficient (Wildman–Crippen LogP) is 5.89. The number of ketones is 1. The molecule has 5 heteroatoms.